The minimum Gasteiger partial charge on any atom is -0.493 e. The van der Waals surface area contributed by atoms with Gasteiger partial charge in [0, 0.05) is 29.8 Å². The number of fused-ring (bicyclic) bond motifs is 2. The van der Waals surface area contributed by atoms with E-state index in [1.807, 2.05) is 31.4 Å². The molecular weight excluding hydrogens is 442 g/mol. The van der Waals surface area contributed by atoms with Crippen LogP contribution in [0.3, 0.4) is 0 Å². The molecule has 0 unspecified atom stereocenters. The molecule has 0 aliphatic carbocycles. The van der Waals surface area contributed by atoms with Gasteiger partial charge >= 0.3 is 0 Å². The van der Waals surface area contributed by atoms with Crippen LogP contribution < -0.4 is 15.0 Å². The zero-order valence-electron chi connectivity index (χ0n) is 19.1. The van der Waals surface area contributed by atoms with Gasteiger partial charge in [0.2, 0.25) is 5.91 Å². The zero-order chi connectivity index (χ0) is 23.7. The van der Waals surface area contributed by atoms with Crippen LogP contribution in [-0.2, 0) is 11.3 Å². The molecule has 9 nitrogen and oxygen atoms in total. The number of likely N-dealkylation sites (N-methyl/N-ethyl adjacent to an activating group) is 1. The van der Waals surface area contributed by atoms with Gasteiger partial charge in [-0.25, -0.2) is 9.97 Å². The summed E-state index contributed by atoms with van der Waals surface area (Å²) in [7, 11) is 3.03. The molecule has 1 aromatic carbocycles. The van der Waals surface area contributed by atoms with E-state index in [9.17, 15) is 9.59 Å². The van der Waals surface area contributed by atoms with Crippen molar-refractivity contribution in [2.75, 3.05) is 20.8 Å². The lowest BCUT2D eigenvalue weighted by molar-refractivity contribution is -0.126. The fraction of sp³-hybridized carbons (Fsp3) is 0.304. The molecule has 0 spiro atoms. The number of amides is 1. The largest absolute Gasteiger partial charge is 0.493 e. The molecule has 1 N–H and O–H groups in total. The number of hydrogen-bond acceptors (Lipinski definition) is 7. The third-order valence-corrected chi connectivity index (χ3v) is 6.24. The Labute approximate surface area is 194 Å². The monoisotopic (exact) mass is 467 g/mol. The number of carbonyl (C=O) groups is 1. The van der Waals surface area contributed by atoms with Gasteiger partial charge in [0.05, 0.1) is 43.1 Å². The van der Waals surface area contributed by atoms with Crippen molar-refractivity contribution in [3.8, 4) is 11.5 Å². The molecule has 33 heavy (non-hydrogen) atoms. The van der Waals surface area contributed by atoms with Gasteiger partial charge in [-0.15, -0.1) is 11.3 Å². The standard InChI is InChI=1S/C23H25N5O4S/c1-6-27(21(29)8-7-17-14(3)24-23-28(17)11-13(2)33-23)12-20-25-16-10-19(32-5)18(31-4)9-15(16)22(30)26-20/h7-11H,6,12H2,1-5H3,(H,25,26,30)/b8-7+. The molecule has 0 radical (unpaired) electrons. The van der Waals surface area contributed by atoms with Gasteiger partial charge < -0.3 is 19.4 Å². The number of aromatic nitrogens is 4. The highest BCUT2D eigenvalue weighted by Gasteiger charge is 2.15. The van der Waals surface area contributed by atoms with Crippen LogP contribution in [0.25, 0.3) is 21.9 Å². The van der Waals surface area contributed by atoms with Gasteiger partial charge in [0.1, 0.15) is 5.82 Å². The zero-order valence-corrected chi connectivity index (χ0v) is 19.9. The van der Waals surface area contributed by atoms with Gasteiger partial charge in [0.25, 0.3) is 5.56 Å². The van der Waals surface area contributed by atoms with E-state index < -0.39 is 0 Å². The number of ether oxygens (including phenoxy) is 2. The van der Waals surface area contributed by atoms with Crippen LogP contribution in [0.2, 0.25) is 0 Å². The predicted molar refractivity (Wildman–Crippen MR) is 128 cm³/mol. The highest BCUT2D eigenvalue weighted by molar-refractivity contribution is 7.17. The first-order valence-corrected chi connectivity index (χ1v) is 11.2. The van der Waals surface area contributed by atoms with Crippen LogP contribution >= 0.6 is 11.3 Å². The summed E-state index contributed by atoms with van der Waals surface area (Å²) in [6, 6.07) is 3.25. The van der Waals surface area contributed by atoms with E-state index in [2.05, 4.69) is 15.0 Å². The number of rotatable bonds is 7. The van der Waals surface area contributed by atoms with Crippen molar-refractivity contribution in [1.82, 2.24) is 24.3 Å². The third-order valence-electron chi connectivity index (χ3n) is 5.34. The first-order valence-electron chi connectivity index (χ1n) is 10.4. The summed E-state index contributed by atoms with van der Waals surface area (Å²) in [6.45, 7) is 6.44. The molecule has 3 heterocycles. The van der Waals surface area contributed by atoms with E-state index in [-0.39, 0.29) is 18.0 Å². The number of benzene rings is 1. The predicted octanol–water partition coefficient (Wildman–Crippen LogP) is 3.33. The lowest BCUT2D eigenvalue weighted by Crippen LogP contribution is -2.30. The van der Waals surface area contributed by atoms with Crippen molar-refractivity contribution in [2.24, 2.45) is 0 Å². The molecule has 0 atom stereocenters. The van der Waals surface area contributed by atoms with Crippen LogP contribution in [0.15, 0.2) is 29.2 Å². The summed E-state index contributed by atoms with van der Waals surface area (Å²) >= 11 is 1.60. The minimum absolute atomic E-state index is 0.164. The number of carbonyl (C=O) groups excluding carboxylic acids is 1. The highest BCUT2D eigenvalue weighted by atomic mass is 32.1. The maximum atomic E-state index is 12.9. The number of nitrogens with zero attached hydrogens (tertiary/aromatic N) is 4. The molecule has 172 valence electrons. The van der Waals surface area contributed by atoms with E-state index in [0.29, 0.717) is 34.8 Å². The summed E-state index contributed by atoms with van der Waals surface area (Å²) in [4.78, 5) is 41.1. The average Bonchev–Trinajstić information content (AvgIpc) is 3.29. The Morgan fingerprint density at radius 1 is 1.21 bits per heavy atom. The first kappa shape index (κ1) is 22.5. The Balaban J connectivity index is 1.60. The van der Waals surface area contributed by atoms with Gasteiger partial charge in [-0.1, -0.05) is 0 Å². The number of thiazole rings is 1. The third kappa shape index (κ3) is 4.34. The van der Waals surface area contributed by atoms with Gasteiger partial charge in [-0.3, -0.25) is 14.0 Å². The number of nitrogens with one attached hydrogen (secondary N) is 1. The van der Waals surface area contributed by atoms with Crippen molar-refractivity contribution in [2.45, 2.75) is 27.3 Å². The van der Waals surface area contributed by atoms with E-state index in [4.69, 9.17) is 9.47 Å². The minimum atomic E-state index is -0.305. The molecular formula is C23H25N5O4S. The van der Waals surface area contributed by atoms with Crippen LogP contribution in [0.5, 0.6) is 11.5 Å². The maximum Gasteiger partial charge on any atom is 0.258 e. The highest BCUT2D eigenvalue weighted by Crippen LogP contribution is 2.30. The lowest BCUT2D eigenvalue weighted by atomic mass is 10.2. The fourth-order valence-corrected chi connectivity index (χ4v) is 4.53. The Morgan fingerprint density at radius 2 is 1.94 bits per heavy atom. The second-order valence-electron chi connectivity index (χ2n) is 7.50. The number of aryl methyl sites for hydroxylation is 2. The molecule has 0 fully saturated rings. The number of imidazole rings is 1. The maximum absolute atomic E-state index is 12.9. The smallest absolute Gasteiger partial charge is 0.258 e. The fourth-order valence-electron chi connectivity index (χ4n) is 3.65. The van der Waals surface area contributed by atoms with Gasteiger partial charge in [-0.2, -0.15) is 0 Å². The molecule has 0 bridgehead atoms. The van der Waals surface area contributed by atoms with E-state index >= 15 is 0 Å². The molecule has 4 aromatic rings. The molecule has 1 amide bonds. The summed E-state index contributed by atoms with van der Waals surface area (Å²) in [5.74, 6) is 1.13. The number of aromatic amines is 1. The van der Waals surface area contributed by atoms with Crippen LogP contribution in [0.4, 0.5) is 0 Å². The van der Waals surface area contributed by atoms with Crippen LogP contribution in [0.1, 0.15) is 29.0 Å². The first-order chi connectivity index (χ1) is 15.8. The van der Waals surface area contributed by atoms with Crippen molar-refractivity contribution >= 4 is 39.2 Å². The SMILES string of the molecule is CCN(Cc1nc2cc(OC)c(OC)cc2c(=O)[nH]1)C(=O)/C=C/c1c(C)nc2sc(C)cn12. The summed E-state index contributed by atoms with van der Waals surface area (Å²) in [5.41, 5.74) is 1.89. The van der Waals surface area contributed by atoms with E-state index in [0.717, 1.165) is 21.2 Å². The summed E-state index contributed by atoms with van der Waals surface area (Å²) in [5, 5.41) is 0.386. The van der Waals surface area contributed by atoms with E-state index in [1.165, 1.54) is 20.3 Å². The quantitative estimate of drug-likeness (QED) is 0.419. The summed E-state index contributed by atoms with van der Waals surface area (Å²) < 4.78 is 12.6. The van der Waals surface area contributed by atoms with Crippen LogP contribution in [-0.4, -0.2) is 50.9 Å². The molecule has 3 aromatic heterocycles. The second kappa shape index (κ2) is 9.07. The number of H-pyrrole nitrogens is 1. The van der Waals surface area contributed by atoms with Gasteiger partial charge in [0.15, 0.2) is 16.5 Å². The Kier molecular flexibility index (Phi) is 6.19. The molecule has 10 heteroatoms. The Bertz CT molecular complexity index is 1430. The lowest BCUT2D eigenvalue weighted by Gasteiger charge is -2.18. The molecule has 0 saturated heterocycles. The Hall–Kier alpha value is -3.66. The molecule has 0 aliphatic rings. The Morgan fingerprint density at radius 3 is 2.64 bits per heavy atom. The molecule has 4 rings (SSSR count). The van der Waals surface area contributed by atoms with Crippen molar-refractivity contribution in [1.29, 1.82) is 0 Å². The van der Waals surface area contributed by atoms with Gasteiger partial charge in [-0.05, 0) is 32.9 Å². The second-order valence-corrected chi connectivity index (χ2v) is 8.71. The van der Waals surface area contributed by atoms with Crippen molar-refractivity contribution in [3.05, 3.63) is 56.8 Å². The number of hydrogen-bond donors (Lipinski definition) is 1. The average molecular weight is 468 g/mol. The molecule has 0 saturated carbocycles. The van der Waals surface area contributed by atoms with Crippen molar-refractivity contribution in [3.63, 3.8) is 0 Å². The normalized spacial score (nSPS) is 11.5. The van der Waals surface area contributed by atoms with Crippen molar-refractivity contribution < 1.29 is 14.3 Å². The topological polar surface area (TPSA) is 102 Å². The van der Waals surface area contributed by atoms with Crippen LogP contribution in [0, 0.1) is 13.8 Å². The number of methoxy groups -OCH3 is 2. The molecule has 0 aliphatic heterocycles. The summed E-state index contributed by atoms with van der Waals surface area (Å²) in [6.07, 6.45) is 5.31. The van der Waals surface area contributed by atoms with E-state index in [1.54, 1.807) is 34.4 Å².